The highest BCUT2D eigenvalue weighted by atomic mass is 28.3. The minimum absolute atomic E-state index is 0.723. The molecule has 0 unspecified atom stereocenters. The molecule has 1 nitrogen and oxygen atoms in total. The third-order valence-corrected chi connectivity index (χ3v) is 7.18. The summed E-state index contributed by atoms with van der Waals surface area (Å²) >= 11 is 0. The Kier molecular flexibility index (Phi) is 4.67. The number of rotatable bonds is 4. The lowest BCUT2D eigenvalue weighted by atomic mass is 9.96. The molecule has 1 aliphatic rings. The number of hydrogen-bond donors (Lipinski definition) is 1. The highest BCUT2D eigenvalue weighted by molar-refractivity contribution is 6.83. The molecule has 20 heavy (non-hydrogen) atoms. The average molecular weight is 281 g/mol. The van der Waals surface area contributed by atoms with Crippen LogP contribution < -0.4 is 15.4 Å². The first-order chi connectivity index (χ1) is 9.93. The first kappa shape index (κ1) is 13.6. The molecule has 0 bridgehead atoms. The van der Waals surface area contributed by atoms with Crippen LogP contribution in [-0.2, 0) is 0 Å². The van der Waals surface area contributed by atoms with E-state index in [4.69, 9.17) is 0 Å². The van der Waals surface area contributed by atoms with Crippen molar-refractivity contribution in [2.45, 2.75) is 38.1 Å². The lowest BCUT2D eigenvalue weighted by Gasteiger charge is -2.28. The van der Waals surface area contributed by atoms with Gasteiger partial charge < -0.3 is 4.98 Å². The van der Waals surface area contributed by atoms with Crippen LogP contribution in [0, 0.1) is 0 Å². The van der Waals surface area contributed by atoms with Gasteiger partial charge in [0.05, 0.1) is 0 Å². The van der Waals surface area contributed by atoms with E-state index in [9.17, 15) is 0 Å². The summed E-state index contributed by atoms with van der Waals surface area (Å²) in [7, 11) is -1.27. The average Bonchev–Trinajstić information content (AvgIpc) is 2.55. The molecule has 104 valence electrons. The van der Waals surface area contributed by atoms with Crippen molar-refractivity contribution in [3.05, 3.63) is 60.7 Å². The van der Waals surface area contributed by atoms with E-state index < -0.39 is 8.96 Å². The molecule has 1 saturated carbocycles. The molecule has 0 atom stereocenters. The summed E-state index contributed by atoms with van der Waals surface area (Å²) in [6.45, 7) is 0. The maximum absolute atomic E-state index is 4.03. The quantitative estimate of drug-likeness (QED) is 0.849. The molecule has 0 aliphatic heterocycles. The number of hydrogen-bond acceptors (Lipinski definition) is 1. The smallest absolute Gasteiger partial charge is 0.173 e. The first-order valence-electron chi connectivity index (χ1n) is 7.79. The fraction of sp³-hybridized carbons (Fsp3) is 0.333. The Bertz CT molecular complexity index is 466. The Labute approximate surface area is 123 Å². The molecule has 0 amide bonds. The van der Waals surface area contributed by atoms with Crippen molar-refractivity contribution in [2.75, 3.05) is 0 Å². The Balaban J connectivity index is 1.83. The van der Waals surface area contributed by atoms with Crippen LogP contribution in [0.15, 0.2) is 60.7 Å². The zero-order valence-corrected chi connectivity index (χ0v) is 13.1. The maximum atomic E-state index is 4.03. The van der Waals surface area contributed by atoms with Gasteiger partial charge in [-0.3, -0.25) is 0 Å². The summed E-state index contributed by atoms with van der Waals surface area (Å²) in [4.78, 5) is 4.03. The molecule has 2 heteroatoms. The molecule has 0 heterocycles. The van der Waals surface area contributed by atoms with Crippen molar-refractivity contribution in [1.82, 2.24) is 4.98 Å². The Morgan fingerprint density at radius 1 is 0.700 bits per heavy atom. The van der Waals surface area contributed by atoms with Gasteiger partial charge in [0.15, 0.2) is 8.96 Å². The van der Waals surface area contributed by atoms with E-state index in [0.717, 1.165) is 6.04 Å². The third-order valence-electron chi connectivity index (χ3n) is 4.27. The fourth-order valence-corrected chi connectivity index (χ4v) is 5.97. The zero-order chi connectivity index (χ0) is 13.6. The number of benzene rings is 2. The van der Waals surface area contributed by atoms with Crippen LogP contribution in [0.5, 0.6) is 0 Å². The summed E-state index contributed by atoms with van der Waals surface area (Å²) < 4.78 is 0. The molecule has 0 radical (unpaired) electrons. The standard InChI is InChI=1S/C18H23NSi/c1-4-10-16(11-5-1)19-20(17-12-6-2-7-13-17)18-14-8-3-9-15-18/h2-3,6-9,12-16,19-20H,1,4-5,10-11H2. The molecule has 0 aromatic heterocycles. The highest BCUT2D eigenvalue weighted by Gasteiger charge is 2.21. The predicted octanol–water partition coefficient (Wildman–Crippen LogP) is 2.45. The van der Waals surface area contributed by atoms with Crippen LogP contribution in [0.1, 0.15) is 32.1 Å². The molecule has 0 spiro atoms. The van der Waals surface area contributed by atoms with Gasteiger partial charge in [0.2, 0.25) is 0 Å². The van der Waals surface area contributed by atoms with Gasteiger partial charge in [-0.1, -0.05) is 79.9 Å². The van der Waals surface area contributed by atoms with E-state index in [1.807, 2.05) is 0 Å². The van der Waals surface area contributed by atoms with Crippen LogP contribution in [0.25, 0.3) is 0 Å². The van der Waals surface area contributed by atoms with Crippen LogP contribution in [0.4, 0.5) is 0 Å². The molecule has 0 saturated heterocycles. The minimum Gasteiger partial charge on any atom is -0.330 e. The Morgan fingerprint density at radius 3 is 1.70 bits per heavy atom. The van der Waals surface area contributed by atoms with Crippen molar-refractivity contribution < 1.29 is 0 Å². The van der Waals surface area contributed by atoms with Gasteiger partial charge in [-0.2, -0.15) is 0 Å². The van der Waals surface area contributed by atoms with Crippen molar-refractivity contribution in [3.8, 4) is 0 Å². The molecule has 2 aromatic rings. The first-order valence-corrected chi connectivity index (χ1v) is 9.52. The lowest BCUT2D eigenvalue weighted by Crippen LogP contribution is -2.57. The minimum atomic E-state index is -1.27. The topological polar surface area (TPSA) is 12.0 Å². The predicted molar refractivity (Wildman–Crippen MR) is 89.3 cm³/mol. The molecule has 1 fully saturated rings. The van der Waals surface area contributed by atoms with E-state index in [-0.39, 0.29) is 0 Å². The Morgan fingerprint density at radius 2 is 1.20 bits per heavy atom. The van der Waals surface area contributed by atoms with Crippen LogP contribution in [0.2, 0.25) is 0 Å². The SMILES string of the molecule is c1ccc([SiH](NC2CCCCC2)c2ccccc2)cc1. The van der Waals surface area contributed by atoms with Gasteiger partial charge in [-0.15, -0.1) is 0 Å². The molecule has 1 N–H and O–H groups in total. The summed E-state index contributed by atoms with van der Waals surface area (Å²) in [5, 5.41) is 3.01. The van der Waals surface area contributed by atoms with E-state index in [1.165, 1.54) is 42.5 Å². The molecule has 3 rings (SSSR count). The largest absolute Gasteiger partial charge is 0.330 e. The van der Waals surface area contributed by atoms with Gasteiger partial charge in [0.1, 0.15) is 0 Å². The van der Waals surface area contributed by atoms with Crippen LogP contribution in [0.3, 0.4) is 0 Å². The molecule has 2 aromatic carbocycles. The second-order valence-electron chi connectivity index (χ2n) is 5.76. The van der Waals surface area contributed by atoms with Crippen LogP contribution in [-0.4, -0.2) is 15.0 Å². The summed E-state index contributed by atoms with van der Waals surface area (Å²) in [5.41, 5.74) is 0. The fourth-order valence-electron chi connectivity index (χ4n) is 3.18. The van der Waals surface area contributed by atoms with Crippen molar-refractivity contribution in [1.29, 1.82) is 0 Å². The van der Waals surface area contributed by atoms with Gasteiger partial charge in [-0.25, -0.2) is 0 Å². The normalized spacial score (nSPS) is 16.4. The van der Waals surface area contributed by atoms with Crippen molar-refractivity contribution in [2.24, 2.45) is 0 Å². The summed E-state index contributed by atoms with van der Waals surface area (Å²) in [6, 6.07) is 22.8. The van der Waals surface area contributed by atoms with Gasteiger partial charge in [0, 0.05) is 6.04 Å². The van der Waals surface area contributed by atoms with Gasteiger partial charge >= 0.3 is 0 Å². The van der Waals surface area contributed by atoms with E-state index >= 15 is 0 Å². The Hall–Kier alpha value is -1.38. The summed E-state index contributed by atoms with van der Waals surface area (Å²) in [6.07, 6.45) is 6.90. The summed E-state index contributed by atoms with van der Waals surface area (Å²) in [5.74, 6) is 0. The molecular formula is C18H23NSi. The van der Waals surface area contributed by atoms with Gasteiger partial charge in [0.25, 0.3) is 0 Å². The maximum Gasteiger partial charge on any atom is 0.173 e. The second-order valence-corrected chi connectivity index (χ2v) is 8.29. The monoisotopic (exact) mass is 281 g/mol. The van der Waals surface area contributed by atoms with Crippen molar-refractivity contribution >= 4 is 19.3 Å². The van der Waals surface area contributed by atoms with E-state index in [2.05, 4.69) is 65.6 Å². The zero-order valence-electron chi connectivity index (χ0n) is 12.0. The van der Waals surface area contributed by atoms with Crippen LogP contribution >= 0.6 is 0 Å². The van der Waals surface area contributed by atoms with E-state index in [0.29, 0.717) is 0 Å². The lowest BCUT2D eigenvalue weighted by molar-refractivity contribution is 0.418. The number of nitrogens with one attached hydrogen (secondary N) is 1. The van der Waals surface area contributed by atoms with Crippen molar-refractivity contribution in [3.63, 3.8) is 0 Å². The molecular weight excluding hydrogens is 258 g/mol. The molecule has 1 aliphatic carbocycles. The third kappa shape index (κ3) is 3.38. The van der Waals surface area contributed by atoms with Gasteiger partial charge in [-0.05, 0) is 23.2 Å². The van der Waals surface area contributed by atoms with E-state index in [1.54, 1.807) is 0 Å². The highest BCUT2D eigenvalue weighted by Crippen LogP contribution is 2.17. The second kappa shape index (κ2) is 6.87.